The molecule has 2 nitrogen and oxygen atoms in total. The largest absolute Gasteiger partial charge is 0.228 e. The molecule has 0 atom stereocenters. The fourth-order valence-electron chi connectivity index (χ4n) is 8.12. The lowest BCUT2D eigenvalue weighted by Gasteiger charge is -2.36. The van der Waals surface area contributed by atoms with Crippen LogP contribution in [0, 0.1) is 0 Å². The summed E-state index contributed by atoms with van der Waals surface area (Å²) < 4.78 is 0. The Labute approximate surface area is 282 Å². The molecule has 2 aliphatic rings. The van der Waals surface area contributed by atoms with Crippen molar-refractivity contribution in [3.8, 4) is 67.3 Å². The van der Waals surface area contributed by atoms with E-state index in [1.807, 2.05) is 24.3 Å². The van der Waals surface area contributed by atoms with E-state index in [2.05, 4.69) is 133 Å². The second-order valence-electron chi connectivity index (χ2n) is 13.3. The topological polar surface area (TPSA) is 25.8 Å². The number of hydrogen-bond acceptors (Lipinski definition) is 2. The Bertz CT molecular complexity index is 2190. The Morgan fingerprint density at radius 3 is 1.60 bits per heavy atom. The molecule has 9 rings (SSSR count). The minimum atomic E-state index is 0.194. The molecule has 0 aliphatic heterocycles. The average molecular weight is 617 g/mol. The molecule has 7 aromatic rings. The highest BCUT2D eigenvalue weighted by Gasteiger charge is 2.43. The van der Waals surface area contributed by atoms with Gasteiger partial charge in [-0.2, -0.15) is 0 Å². The fourth-order valence-corrected chi connectivity index (χ4v) is 8.12. The molecule has 0 N–H and O–H groups in total. The number of aromatic nitrogens is 2. The van der Waals surface area contributed by atoms with E-state index in [0.29, 0.717) is 0 Å². The number of rotatable bonds is 5. The van der Waals surface area contributed by atoms with Gasteiger partial charge in [-0.15, -0.1) is 0 Å². The van der Waals surface area contributed by atoms with E-state index < -0.39 is 0 Å². The molecule has 1 aromatic heterocycles. The van der Waals surface area contributed by atoms with E-state index in [4.69, 9.17) is 9.97 Å². The number of nitrogens with zero attached hydrogens (tertiary/aromatic N) is 2. The van der Waals surface area contributed by atoms with Gasteiger partial charge in [0.25, 0.3) is 0 Å². The number of fused-ring (bicyclic) bond motifs is 5. The van der Waals surface area contributed by atoms with Crippen molar-refractivity contribution in [1.82, 2.24) is 9.97 Å². The molecule has 1 heterocycles. The van der Waals surface area contributed by atoms with Crippen molar-refractivity contribution < 1.29 is 0 Å². The van der Waals surface area contributed by atoms with Crippen molar-refractivity contribution in [2.45, 2.75) is 37.5 Å². The summed E-state index contributed by atoms with van der Waals surface area (Å²) in [5, 5.41) is 0. The second kappa shape index (κ2) is 11.9. The van der Waals surface area contributed by atoms with Crippen LogP contribution in [-0.2, 0) is 5.41 Å². The SMILES string of the molecule is c1ccc(-c2cc(-c3ccc(-c4cccc(-c5ccc6c(c5)-c5ccccc5C65CCCCC5)c4)cc3)nc(-c3ccccc3)n2)cc1. The van der Waals surface area contributed by atoms with E-state index in [-0.39, 0.29) is 5.41 Å². The van der Waals surface area contributed by atoms with E-state index in [1.165, 1.54) is 71.0 Å². The summed E-state index contributed by atoms with van der Waals surface area (Å²) in [6.07, 6.45) is 6.51. The molecule has 0 bridgehead atoms. The fraction of sp³-hybridized carbons (Fsp3) is 0.130. The van der Waals surface area contributed by atoms with Gasteiger partial charge in [-0.3, -0.25) is 0 Å². The first kappa shape index (κ1) is 28.6. The van der Waals surface area contributed by atoms with Crippen molar-refractivity contribution in [1.29, 1.82) is 0 Å². The second-order valence-corrected chi connectivity index (χ2v) is 13.3. The average Bonchev–Trinajstić information content (AvgIpc) is 3.43. The molecule has 2 aliphatic carbocycles. The first-order valence-electron chi connectivity index (χ1n) is 17.2. The smallest absolute Gasteiger partial charge is 0.160 e. The zero-order valence-electron chi connectivity index (χ0n) is 26.9. The van der Waals surface area contributed by atoms with Crippen LogP contribution >= 0.6 is 0 Å². The lowest BCUT2D eigenvalue weighted by Crippen LogP contribution is -2.27. The van der Waals surface area contributed by atoms with Crippen molar-refractivity contribution >= 4 is 0 Å². The Balaban J connectivity index is 1.05. The third kappa shape index (κ3) is 4.96. The summed E-state index contributed by atoms with van der Waals surface area (Å²) >= 11 is 0. The van der Waals surface area contributed by atoms with Gasteiger partial charge in [-0.25, -0.2) is 9.97 Å². The van der Waals surface area contributed by atoms with Gasteiger partial charge < -0.3 is 0 Å². The van der Waals surface area contributed by atoms with Gasteiger partial charge in [-0.05, 0) is 75.5 Å². The first-order chi connectivity index (χ1) is 23.7. The molecule has 1 saturated carbocycles. The van der Waals surface area contributed by atoms with Gasteiger partial charge in [0.05, 0.1) is 11.4 Å². The maximum Gasteiger partial charge on any atom is 0.160 e. The van der Waals surface area contributed by atoms with Crippen LogP contribution in [0.1, 0.15) is 43.2 Å². The standard InChI is InChI=1S/C46H36N2/c1-4-13-33(14-5-1)43-31-44(48-45(47-43)35-15-6-2-7-16-35)34-23-21-32(22-24-34)36-17-12-18-37(29-36)38-25-26-42-40(30-38)39-19-8-9-20-41(39)46(42)27-10-3-11-28-46/h1-2,4-9,12-26,29-31H,3,10-11,27-28H2. The Morgan fingerprint density at radius 1 is 0.354 bits per heavy atom. The zero-order chi connectivity index (χ0) is 31.9. The van der Waals surface area contributed by atoms with E-state index in [1.54, 1.807) is 5.56 Å². The summed E-state index contributed by atoms with van der Waals surface area (Å²) in [6, 6.07) is 56.8. The molecule has 1 fully saturated rings. The van der Waals surface area contributed by atoms with Gasteiger partial charge in [0.2, 0.25) is 0 Å². The summed E-state index contributed by atoms with van der Waals surface area (Å²) in [5.41, 5.74) is 16.0. The van der Waals surface area contributed by atoms with Crippen molar-refractivity contribution in [3.63, 3.8) is 0 Å². The summed E-state index contributed by atoms with van der Waals surface area (Å²) in [6.45, 7) is 0. The maximum absolute atomic E-state index is 5.02. The van der Waals surface area contributed by atoms with E-state index in [0.717, 1.165) is 33.9 Å². The lowest BCUT2D eigenvalue weighted by atomic mass is 9.68. The minimum absolute atomic E-state index is 0.194. The molecule has 230 valence electrons. The van der Waals surface area contributed by atoms with Crippen LogP contribution in [0.25, 0.3) is 67.3 Å². The normalized spacial score (nSPS) is 14.4. The molecule has 6 aromatic carbocycles. The van der Waals surface area contributed by atoms with Crippen molar-refractivity contribution in [3.05, 3.63) is 169 Å². The third-order valence-corrected chi connectivity index (χ3v) is 10.5. The van der Waals surface area contributed by atoms with Crippen LogP contribution < -0.4 is 0 Å². The quantitative estimate of drug-likeness (QED) is 0.192. The van der Waals surface area contributed by atoms with Crippen LogP contribution in [0.3, 0.4) is 0 Å². The zero-order valence-corrected chi connectivity index (χ0v) is 26.9. The molecule has 2 heteroatoms. The Kier molecular flexibility index (Phi) is 7.08. The van der Waals surface area contributed by atoms with E-state index >= 15 is 0 Å². The molecule has 0 saturated heterocycles. The Morgan fingerprint density at radius 2 is 0.875 bits per heavy atom. The molecular formula is C46H36N2. The van der Waals surface area contributed by atoms with Crippen molar-refractivity contribution in [2.75, 3.05) is 0 Å². The minimum Gasteiger partial charge on any atom is -0.228 e. The highest BCUT2D eigenvalue weighted by Crippen LogP contribution is 2.56. The highest BCUT2D eigenvalue weighted by molar-refractivity contribution is 5.86. The van der Waals surface area contributed by atoms with Gasteiger partial charge in [0.15, 0.2) is 5.82 Å². The van der Waals surface area contributed by atoms with Crippen molar-refractivity contribution in [2.24, 2.45) is 0 Å². The molecule has 48 heavy (non-hydrogen) atoms. The number of hydrogen-bond donors (Lipinski definition) is 0. The monoisotopic (exact) mass is 616 g/mol. The van der Waals surface area contributed by atoms with Gasteiger partial charge in [-0.1, -0.05) is 159 Å². The lowest BCUT2D eigenvalue weighted by molar-refractivity contribution is 0.353. The van der Waals surface area contributed by atoms with E-state index in [9.17, 15) is 0 Å². The summed E-state index contributed by atoms with van der Waals surface area (Å²) in [7, 11) is 0. The summed E-state index contributed by atoms with van der Waals surface area (Å²) in [4.78, 5) is 9.97. The summed E-state index contributed by atoms with van der Waals surface area (Å²) in [5.74, 6) is 0.732. The van der Waals surface area contributed by atoms with Crippen LogP contribution in [0.4, 0.5) is 0 Å². The Hall–Kier alpha value is -5.60. The molecule has 0 unspecified atom stereocenters. The van der Waals surface area contributed by atoms with Gasteiger partial charge in [0, 0.05) is 22.1 Å². The predicted octanol–water partition coefficient (Wildman–Crippen LogP) is 12.0. The molecule has 1 spiro atoms. The molecule has 0 amide bonds. The predicted molar refractivity (Wildman–Crippen MR) is 199 cm³/mol. The maximum atomic E-state index is 5.02. The highest BCUT2D eigenvalue weighted by atomic mass is 14.9. The molecular weight excluding hydrogens is 581 g/mol. The van der Waals surface area contributed by atoms with Gasteiger partial charge in [0.1, 0.15) is 0 Å². The van der Waals surface area contributed by atoms with Crippen LogP contribution in [0.5, 0.6) is 0 Å². The van der Waals surface area contributed by atoms with Crippen LogP contribution in [0.15, 0.2) is 158 Å². The van der Waals surface area contributed by atoms with Crippen LogP contribution in [0.2, 0.25) is 0 Å². The van der Waals surface area contributed by atoms with Gasteiger partial charge >= 0.3 is 0 Å². The van der Waals surface area contributed by atoms with Crippen LogP contribution in [-0.4, -0.2) is 9.97 Å². The third-order valence-electron chi connectivity index (χ3n) is 10.5. The first-order valence-corrected chi connectivity index (χ1v) is 17.2. The number of benzene rings is 6. The molecule has 0 radical (unpaired) electrons.